The smallest absolute Gasteiger partial charge is 0.162 e. The van der Waals surface area contributed by atoms with Crippen LogP contribution >= 0.6 is 0 Å². The predicted octanol–water partition coefficient (Wildman–Crippen LogP) is 4.84. The lowest BCUT2D eigenvalue weighted by molar-refractivity contribution is 0.0963. The summed E-state index contributed by atoms with van der Waals surface area (Å²) in [7, 11) is 0. The molecule has 0 saturated carbocycles. The second kappa shape index (κ2) is 7.71. The number of fused-ring (bicyclic) bond motifs is 3. The lowest BCUT2D eigenvalue weighted by atomic mass is 9.71. The van der Waals surface area contributed by atoms with E-state index in [4.69, 9.17) is 0 Å². The first kappa shape index (κ1) is 17.4. The quantitative estimate of drug-likeness (QED) is 0.719. The Morgan fingerprint density at radius 2 is 1.88 bits per heavy atom. The van der Waals surface area contributed by atoms with Gasteiger partial charge in [0.25, 0.3) is 0 Å². The highest BCUT2D eigenvalue weighted by Gasteiger charge is 2.33. The van der Waals surface area contributed by atoms with Crippen molar-refractivity contribution in [3.8, 4) is 0 Å². The van der Waals surface area contributed by atoms with Gasteiger partial charge in [-0.1, -0.05) is 24.3 Å². The van der Waals surface area contributed by atoms with Crippen LogP contribution in [0.15, 0.2) is 48.5 Å². The molecule has 3 heteroatoms. The minimum atomic E-state index is -0.293. The number of nitrogens with zero attached hydrogens (tertiary/aromatic N) is 1. The predicted molar refractivity (Wildman–Crippen MR) is 102 cm³/mol. The fourth-order valence-electron chi connectivity index (χ4n) is 4.72. The molecule has 2 aliphatic rings. The van der Waals surface area contributed by atoms with Gasteiger partial charge in [0.15, 0.2) is 5.78 Å². The van der Waals surface area contributed by atoms with Gasteiger partial charge in [-0.15, -0.1) is 0 Å². The topological polar surface area (TPSA) is 20.3 Å². The van der Waals surface area contributed by atoms with Gasteiger partial charge in [0, 0.05) is 18.5 Å². The highest BCUT2D eigenvalue weighted by molar-refractivity contribution is 5.95. The minimum absolute atomic E-state index is 0.117. The van der Waals surface area contributed by atoms with E-state index in [0.717, 1.165) is 37.9 Å². The van der Waals surface area contributed by atoms with Crippen LogP contribution in [0.2, 0.25) is 0 Å². The summed E-state index contributed by atoms with van der Waals surface area (Å²) in [5.74, 6) is 1.30. The van der Waals surface area contributed by atoms with Crippen molar-refractivity contribution in [1.82, 2.24) is 4.90 Å². The van der Waals surface area contributed by atoms with Gasteiger partial charge in [0.05, 0.1) is 0 Å². The fraction of sp³-hybridized carbons (Fsp3) is 0.435. The van der Waals surface area contributed by atoms with Crippen molar-refractivity contribution in [3.63, 3.8) is 0 Å². The number of rotatable bonds is 5. The van der Waals surface area contributed by atoms with Gasteiger partial charge < -0.3 is 4.90 Å². The summed E-state index contributed by atoms with van der Waals surface area (Å²) < 4.78 is 13.0. The van der Waals surface area contributed by atoms with E-state index in [2.05, 4.69) is 29.2 Å². The highest BCUT2D eigenvalue weighted by atomic mass is 19.1. The molecule has 1 aliphatic heterocycles. The Morgan fingerprint density at radius 3 is 2.73 bits per heavy atom. The maximum absolute atomic E-state index is 13.0. The van der Waals surface area contributed by atoms with Crippen LogP contribution in [0.5, 0.6) is 0 Å². The number of hydrogen-bond donors (Lipinski definition) is 0. The molecule has 1 heterocycles. The van der Waals surface area contributed by atoms with Crippen molar-refractivity contribution < 1.29 is 9.18 Å². The first-order valence-electron chi connectivity index (χ1n) is 9.79. The standard InChI is InChI=1S/C23H26FNO/c24-20-11-9-18(10-12-20)23(26)6-3-14-25-15-13-22-19(16-25)8-7-17-4-1-2-5-21(17)22/h1-2,4-5,9-12,19,22H,3,6-8,13-16H2. The number of halogens is 1. The number of hydrogen-bond acceptors (Lipinski definition) is 2. The number of Topliss-reactive ketones (excluding diaryl/α,β-unsaturated/α-hetero) is 1. The molecule has 1 fully saturated rings. The number of carbonyl (C=O) groups is 1. The molecule has 0 aromatic heterocycles. The molecule has 1 saturated heterocycles. The Bertz CT molecular complexity index is 770. The molecule has 26 heavy (non-hydrogen) atoms. The van der Waals surface area contributed by atoms with Crippen LogP contribution < -0.4 is 0 Å². The minimum Gasteiger partial charge on any atom is -0.303 e. The lowest BCUT2D eigenvalue weighted by Gasteiger charge is -2.42. The van der Waals surface area contributed by atoms with Gasteiger partial charge in [-0.25, -0.2) is 4.39 Å². The third-order valence-corrected chi connectivity index (χ3v) is 6.10. The maximum atomic E-state index is 13.0. The van der Waals surface area contributed by atoms with Crippen molar-refractivity contribution in [2.45, 2.75) is 38.0 Å². The van der Waals surface area contributed by atoms with E-state index < -0.39 is 0 Å². The van der Waals surface area contributed by atoms with Gasteiger partial charge in [0.2, 0.25) is 0 Å². The summed E-state index contributed by atoms with van der Waals surface area (Å²) in [5, 5.41) is 0. The van der Waals surface area contributed by atoms with E-state index in [1.54, 1.807) is 23.3 Å². The molecule has 2 unspecified atom stereocenters. The van der Waals surface area contributed by atoms with E-state index in [1.807, 2.05) is 0 Å². The van der Waals surface area contributed by atoms with Crippen molar-refractivity contribution in [2.75, 3.05) is 19.6 Å². The SMILES string of the molecule is O=C(CCCN1CCC2c3ccccc3CCC2C1)c1ccc(F)cc1. The fourth-order valence-corrected chi connectivity index (χ4v) is 4.72. The van der Waals surface area contributed by atoms with E-state index >= 15 is 0 Å². The zero-order chi connectivity index (χ0) is 17.9. The van der Waals surface area contributed by atoms with E-state index in [0.29, 0.717) is 12.0 Å². The molecule has 0 amide bonds. The zero-order valence-electron chi connectivity index (χ0n) is 15.2. The van der Waals surface area contributed by atoms with Gasteiger partial charge in [-0.05, 0) is 86.0 Å². The molecule has 0 spiro atoms. The van der Waals surface area contributed by atoms with Crippen molar-refractivity contribution in [1.29, 1.82) is 0 Å². The largest absolute Gasteiger partial charge is 0.303 e. The van der Waals surface area contributed by atoms with Gasteiger partial charge >= 0.3 is 0 Å². The Morgan fingerprint density at radius 1 is 1.08 bits per heavy atom. The van der Waals surface area contributed by atoms with Gasteiger partial charge in [0.1, 0.15) is 5.82 Å². The average molecular weight is 351 g/mol. The summed E-state index contributed by atoms with van der Waals surface area (Å²) >= 11 is 0. The summed E-state index contributed by atoms with van der Waals surface area (Å²) in [6.45, 7) is 3.27. The van der Waals surface area contributed by atoms with Crippen molar-refractivity contribution in [3.05, 3.63) is 71.0 Å². The van der Waals surface area contributed by atoms with E-state index in [-0.39, 0.29) is 11.6 Å². The monoisotopic (exact) mass is 351 g/mol. The van der Waals surface area contributed by atoms with Crippen LogP contribution in [0.3, 0.4) is 0 Å². The third kappa shape index (κ3) is 3.73. The average Bonchev–Trinajstić information content (AvgIpc) is 2.68. The molecule has 0 N–H and O–H groups in total. The van der Waals surface area contributed by atoms with Crippen LogP contribution in [-0.2, 0) is 6.42 Å². The van der Waals surface area contributed by atoms with Crippen LogP contribution in [0.1, 0.15) is 53.1 Å². The molecule has 4 rings (SSSR count). The molecule has 136 valence electrons. The van der Waals surface area contributed by atoms with E-state index in [1.165, 1.54) is 31.4 Å². The molecule has 0 radical (unpaired) electrons. The number of carbonyl (C=O) groups excluding carboxylic acids is 1. The second-order valence-electron chi connectivity index (χ2n) is 7.73. The van der Waals surface area contributed by atoms with Crippen LogP contribution in [0.4, 0.5) is 4.39 Å². The number of aryl methyl sites for hydroxylation is 1. The summed E-state index contributed by atoms with van der Waals surface area (Å²) in [5.41, 5.74) is 3.75. The first-order valence-corrected chi connectivity index (χ1v) is 9.79. The Labute approximate surface area is 155 Å². The van der Waals surface area contributed by atoms with Crippen molar-refractivity contribution in [2.24, 2.45) is 5.92 Å². The molecule has 1 aliphatic carbocycles. The Hall–Kier alpha value is -2.00. The van der Waals surface area contributed by atoms with Crippen LogP contribution in [0.25, 0.3) is 0 Å². The van der Waals surface area contributed by atoms with Gasteiger partial charge in [-0.2, -0.15) is 0 Å². The zero-order valence-corrected chi connectivity index (χ0v) is 15.2. The Kier molecular flexibility index (Phi) is 5.16. The molecule has 0 bridgehead atoms. The van der Waals surface area contributed by atoms with Crippen molar-refractivity contribution >= 4 is 5.78 Å². The molecule has 2 atom stereocenters. The van der Waals surface area contributed by atoms with Gasteiger partial charge in [-0.3, -0.25) is 4.79 Å². The second-order valence-corrected chi connectivity index (χ2v) is 7.73. The number of benzene rings is 2. The molecular weight excluding hydrogens is 325 g/mol. The normalized spacial score (nSPS) is 22.5. The highest BCUT2D eigenvalue weighted by Crippen LogP contribution is 2.41. The molecular formula is C23H26FNO. The maximum Gasteiger partial charge on any atom is 0.162 e. The third-order valence-electron chi connectivity index (χ3n) is 6.10. The first-order chi connectivity index (χ1) is 12.7. The summed E-state index contributed by atoms with van der Waals surface area (Å²) in [4.78, 5) is 14.8. The van der Waals surface area contributed by atoms with E-state index in [9.17, 15) is 9.18 Å². The van der Waals surface area contributed by atoms with Crippen LogP contribution in [-0.4, -0.2) is 30.3 Å². The summed E-state index contributed by atoms with van der Waals surface area (Å²) in [6, 6.07) is 14.8. The number of piperidine rings is 1. The summed E-state index contributed by atoms with van der Waals surface area (Å²) in [6.07, 6.45) is 5.14. The van der Waals surface area contributed by atoms with Crippen LogP contribution in [0, 0.1) is 11.7 Å². The molecule has 2 nitrogen and oxygen atoms in total. The molecule has 2 aromatic carbocycles. The number of ketones is 1. The lowest BCUT2D eigenvalue weighted by Crippen LogP contribution is -2.41. The number of likely N-dealkylation sites (tertiary alicyclic amines) is 1. The molecule has 2 aromatic rings. The Balaban J connectivity index is 1.28.